The quantitative estimate of drug-likeness (QED) is 0.378. The Bertz CT molecular complexity index is 869. The van der Waals surface area contributed by atoms with E-state index in [0.717, 1.165) is 12.1 Å². The number of thioether (sulfide) groups is 1. The van der Waals surface area contributed by atoms with Gasteiger partial charge in [-0.3, -0.25) is 19.9 Å². The Morgan fingerprint density at radius 1 is 1.43 bits per heavy atom. The van der Waals surface area contributed by atoms with Gasteiger partial charge in [0.25, 0.3) is 5.69 Å². The highest BCUT2D eigenvalue weighted by atomic mass is 32.2. The van der Waals surface area contributed by atoms with Crippen molar-refractivity contribution in [1.29, 1.82) is 0 Å². The van der Waals surface area contributed by atoms with Crippen LogP contribution in [0, 0.1) is 21.8 Å². The van der Waals surface area contributed by atoms with E-state index in [9.17, 15) is 19.3 Å². The van der Waals surface area contributed by atoms with Crippen molar-refractivity contribution in [2.24, 2.45) is 10.9 Å². The first kappa shape index (κ1) is 22.7. The van der Waals surface area contributed by atoms with Crippen LogP contribution in [0.3, 0.4) is 0 Å². The minimum absolute atomic E-state index is 0.000654. The molecule has 1 saturated carbocycles. The second-order valence-electron chi connectivity index (χ2n) is 8.75. The topological polar surface area (TPSA) is 91.0 Å². The number of ether oxygens (including phenoxy) is 2. The molecule has 0 radical (unpaired) electrons. The minimum atomic E-state index is -0.951. The van der Waals surface area contributed by atoms with Gasteiger partial charge >= 0.3 is 5.97 Å². The molecule has 30 heavy (non-hydrogen) atoms. The number of halogens is 1. The molecule has 0 spiro atoms. The summed E-state index contributed by atoms with van der Waals surface area (Å²) in [5.74, 6) is -0.342. The maximum Gasteiger partial charge on any atom is 0.312 e. The van der Waals surface area contributed by atoms with E-state index in [1.54, 1.807) is 27.9 Å². The lowest BCUT2D eigenvalue weighted by atomic mass is 9.68. The van der Waals surface area contributed by atoms with Crippen LogP contribution in [0.2, 0.25) is 0 Å². The van der Waals surface area contributed by atoms with Gasteiger partial charge in [0.1, 0.15) is 11.4 Å². The highest BCUT2D eigenvalue weighted by Gasteiger charge is 2.49. The zero-order chi connectivity index (χ0) is 22.1. The Morgan fingerprint density at radius 2 is 2.17 bits per heavy atom. The molecule has 1 aliphatic carbocycles. The number of non-ortho nitro benzene ring substituents is 1. The van der Waals surface area contributed by atoms with E-state index in [4.69, 9.17) is 14.5 Å². The molecule has 164 valence electrons. The van der Waals surface area contributed by atoms with Gasteiger partial charge in [0, 0.05) is 36.5 Å². The summed E-state index contributed by atoms with van der Waals surface area (Å²) in [4.78, 5) is 28.0. The Hall–Kier alpha value is -2.00. The first-order valence-electron chi connectivity index (χ1n) is 9.94. The highest BCUT2D eigenvalue weighted by Crippen LogP contribution is 2.51. The number of nitro groups is 1. The monoisotopic (exact) mass is 438 g/mol. The molecule has 7 nitrogen and oxygen atoms in total. The second kappa shape index (κ2) is 8.63. The van der Waals surface area contributed by atoms with Crippen molar-refractivity contribution in [2.75, 3.05) is 12.9 Å². The van der Waals surface area contributed by atoms with Crippen LogP contribution in [0.4, 0.5) is 10.1 Å². The molecule has 0 amide bonds. The fourth-order valence-electron chi connectivity index (χ4n) is 4.20. The van der Waals surface area contributed by atoms with Crippen molar-refractivity contribution in [1.82, 2.24) is 0 Å². The minimum Gasteiger partial charge on any atom is -0.460 e. The lowest BCUT2D eigenvalue weighted by Crippen LogP contribution is -2.46. The summed E-state index contributed by atoms with van der Waals surface area (Å²) >= 11 is 1.46. The summed E-state index contributed by atoms with van der Waals surface area (Å²) in [6.07, 6.45) is 1.86. The Labute approximate surface area is 179 Å². The van der Waals surface area contributed by atoms with E-state index in [2.05, 4.69) is 0 Å². The van der Waals surface area contributed by atoms with Gasteiger partial charge in [-0.25, -0.2) is 4.39 Å². The van der Waals surface area contributed by atoms with Gasteiger partial charge in [-0.05, 0) is 46.1 Å². The Balaban J connectivity index is 2.02. The summed E-state index contributed by atoms with van der Waals surface area (Å²) in [5, 5.41) is 11.9. The van der Waals surface area contributed by atoms with Gasteiger partial charge in [0.05, 0.1) is 28.0 Å². The molecule has 3 atom stereocenters. The SMILES string of the molecule is CO[C@H]1CCC2(c3cc([N+](=O)[O-])ccc3F)N=C(CC(=O)OC(C)(C)C)SC[C@@H]2C1. The number of nitro benzene ring substituents is 1. The van der Waals surface area contributed by atoms with Crippen molar-refractivity contribution in [3.05, 3.63) is 39.7 Å². The third kappa shape index (κ3) is 4.83. The lowest BCUT2D eigenvalue weighted by Gasteiger charge is -2.46. The number of methoxy groups -OCH3 is 1. The number of rotatable bonds is 5. The van der Waals surface area contributed by atoms with E-state index >= 15 is 0 Å². The van der Waals surface area contributed by atoms with Crippen LogP contribution in [0.25, 0.3) is 0 Å². The highest BCUT2D eigenvalue weighted by molar-refractivity contribution is 8.14. The summed E-state index contributed by atoms with van der Waals surface area (Å²) < 4.78 is 25.9. The molecule has 1 aliphatic heterocycles. The molecular weight excluding hydrogens is 411 g/mol. The zero-order valence-corrected chi connectivity index (χ0v) is 18.5. The normalized spacial score (nSPS) is 26.5. The molecule has 3 rings (SSSR count). The molecule has 2 aliphatic rings. The number of esters is 1. The standard InChI is InChI=1S/C21H27FN2O5S/c1-20(2,3)29-19(25)11-18-23-21(8-7-15(28-4)9-13(21)12-30-18)16-10-14(24(26)27)5-6-17(16)22/h5-6,10,13,15H,7-9,11-12H2,1-4H3/t13-,15-,21?/m0/s1. The molecule has 1 aromatic rings. The second-order valence-corrected chi connectivity index (χ2v) is 9.85. The van der Waals surface area contributed by atoms with E-state index in [1.807, 2.05) is 0 Å². The Morgan fingerprint density at radius 3 is 2.80 bits per heavy atom. The van der Waals surface area contributed by atoms with Crippen molar-refractivity contribution >= 4 is 28.5 Å². The van der Waals surface area contributed by atoms with Crippen molar-refractivity contribution in [2.45, 2.75) is 63.7 Å². The summed E-state index contributed by atoms with van der Waals surface area (Å²) in [6.45, 7) is 5.38. The Kier molecular flexibility index (Phi) is 6.52. The first-order chi connectivity index (χ1) is 14.0. The average molecular weight is 439 g/mol. The van der Waals surface area contributed by atoms with Crippen LogP contribution in [0.1, 0.15) is 52.0 Å². The largest absolute Gasteiger partial charge is 0.460 e. The van der Waals surface area contributed by atoms with Crippen LogP contribution in [-0.2, 0) is 19.8 Å². The van der Waals surface area contributed by atoms with E-state index in [1.165, 1.54) is 17.8 Å². The molecule has 0 N–H and O–H groups in total. The molecule has 1 heterocycles. The third-order valence-corrected chi connectivity index (χ3v) is 6.66. The van der Waals surface area contributed by atoms with Crippen LogP contribution in [0.5, 0.6) is 0 Å². The van der Waals surface area contributed by atoms with Gasteiger partial charge in [0.15, 0.2) is 0 Å². The molecule has 1 unspecified atom stereocenters. The summed E-state index contributed by atoms with van der Waals surface area (Å²) in [5.41, 5.74) is -1.51. The van der Waals surface area contributed by atoms with E-state index in [-0.39, 0.29) is 29.7 Å². The van der Waals surface area contributed by atoms with Gasteiger partial charge in [-0.15, -0.1) is 11.8 Å². The number of benzene rings is 1. The maximum atomic E-state index is 15.0. The van der Waals surface area contributed by atoms with E-state index in [0.29, 0.717) is 30.1 Å². The summed E-state index contributed by atoms with van der Waals surface area (Å²) in [7, 11) is 1.65. The number of hydrogen-bond donors (Lipinski definition) is 0. The number of nitrogens with zero attached hydrogens (tertiary/aromatic N) is 2. The molecule has 1 aromatic carbocycles. The molecule has 0 saturated heterocycles. The fourth-order valence-corrected chi connectivity index (χ4v) is 5.45. The third-order valence-electron chi connectivity index (χ3n) is 5.52. The predicted octanol–water partition coefficient (Wildman–Crippen LogP) is 4.62. The smallest absolute Gasteiger partial charge is 0.312 e. The van der Waals surface area contributed by atoms with Crippen LogP contribution in [-0.4, -0.2) is 40.5 Å². The van der Waals surface area contributed by atoms with Crippen molar-refractivity contribution < 1.29 is 23.6 Å². The number of aliphatic imine (C=N–C) groups is 1. The number of carbonyl (C=O) groups excluding carboxylic acids is 1. The van der Waals surface area contributed by atoms with Crippen LogP contribution in [0.15, 0.2) is 23.2 Å². The van der Waals surface area contributed by atoms with Gasteiger partial charge in [-0.1, -0.05) is 0 Å². The average Bonchev–Trinajstić information content (AvgIpc) is 2.66. The van der Waals surface area contributed by atoms with Crippen LogP contribution >= 0.6 is 11.8 Å². The summed E-state index contributed by atoms with van der Waals surface area (Å²) in [6, 6.07) is 3.58. The molecule has 1 fully saturated rings. The number of hydrogen-bond acceptors (Lipinski definition) is 7. The van der Waals surface area contributed by atoms with Gasteiger partial charge in [0.2, 0.25) is 0 Å². The van der Waals surface area contributed by atoms with E-state index < -0.39 is 27.8 Å². The predicted molar refractivity (Wildman–Crippen MR) is 113 cm³/mol. The number of fused-ring (bicyclic) bond motifs is 1. The van der Waals surface area contributed by atoms with Crippen molar-refractivity contribution in [3.8, 4) is 0 Å². The molecule has 0 bridgehead atoms. The maximum absolute atomic E-state index is 15.0. The molecule has 9 heteroatoms. The van der Waals surface area contributed by atoms with Gasteiger partial charge < -0.3 is 9.47 Å². The van der Waals surface area contributed by atoms with Crippen LogP contribution < -0.4 is 0 Å². The lowest BCUT2D eigenvalue weighted by molar-refractivity contribution is -0.385. The van der Waals surface area contributed by atoms with Crippen molar-refractivity contribution in [3.63, 3.8) is 0 Å². The first-order valence-corrected chi connectivity index (χ1v) is 10.9. The van der Waals surface area contributed by atoms with Gasteiger partial charge in [-0.2, -0.15) is 0 Å². The number of carbonyl (C=O) groups is 1. The fraction of sp³-hybridized carbons (Fsp3) is 0.619. The molecule has 0 aromatic heterocycles. The zero-order valence-electron chi connectivity index (χ0n) is 17.6. The molecular formula is C21H27FN2O5S.